The molecule has 3 rings (SSSR count). The van der Waals surface area contributed by atoms with Crippen LogP contribution in [0.5, 0.6) is 0 Å². The smallest absolute Gasteiger partial charge is 0.347 e. The Bertz CT molecular complexity index is 569. The lowest BCUT2D eigenvalue weighted by molar-refractivity contribution is 0.814. The Morgan fingerprint density at radius 2 is 2.31 bits per heavy atom. The van der Waals surface area contributed by atoms with E-state index in [1.807, 2.05) is 18.2 Å². The van der Waals surface area contributed by atoms with Crippen molar-refractivity contribution >= 4 is 5.69 Å². The highest BCUT2D eigenvalue weighted by Gasteiger charge is 2.14. The average Bonchev–Trinajstić information content (AvgIpc) is 2.75. The second kappa shape index (κ2) is 3.52. The Morgan fingerprint density at radius 1 is 1.38 bits per heavy atom. The van der Waals surface area contributed by atoms with Crippen LogP contribution in [0.15, 0.2) is 29.3 Å². The van der Waals surface area contributed by atoms with Crippen molar-refractivity contribution in [1.29, 1.82) is 0 Å². The molecule has 0 aliphatic carbocycles. The summed E-state index contributed by atoms with van der Waals surface area (Å²) in [4.78, 5) is 11.5. The number of H-pyrrole nitrogens is 1. The molecule has 5 heteroatoms. The third-order valence-corrected chi connectivity index (χ3v) is 2.88. The number of benzene rings is 1. The van der Waals surface area contributed by atoms with E-state index in [1.165, 1.54) is 11.9 Å². The van der Waals surface area contributed by atoms with E-state index in [0.29, 0.717) is 0 Å². The van der Waals surface area contributed by atoms with Gasteiger partial charge in [-0.1, -0.05) is 6.07 Å². The first kappa shape index (κ1) is 9.21. The van der Waals surface area contributed by atoms with Crippen LogP contribution in [-0.2, 0) is 6.42 Å². The molecule has 0 saturated carbocycles. The van der Waals surface area contributed by atoms with E-state index in [1.54, 1.807) is 4.57 Å². The highest BCUT2D eigenvalue weighted by molar-refractivity contribution is 5.61. The molecule has 1 aromatic heterocycles. The van der Waals surface area contributed by atoms with Crippen molar-refractivity contribution in [2.45, 2.75) is 12.8 Å². The first-order valence-electron chi connectivity index (χ1n) is 5.34. The summed E-state index contributed by atoms with van der Waals surface area (Å²) >= 11 is 0. The molecule has 82 valence electrons. The quantitative estimate of drug-likeness (QED) is 0.745. The summed E-state index contributed by atoms with van der Waals surface area (Å²) in [6.07, 6.45) is 3.61. The Hall–Kier alpha value is -2.04. The molecule has 16 heavy (non-hydrogen) atoms. The molecule has 1 aliphatic rings. The van der Waals surface area contributed by atoms with Gasteiger partial charge < -0.3 is 5.32 Å². The highest BCUT2D eigenvalue weighted by Crippen LogP contribution is 2.26. The fourth-order valence-electron chi connectivity index (χ4n) is 2.14. The average molecular weight is 216 g/mol. The van der Waals surface area contributed by atoms with Gasteiger partial charge in [-0.15, -0.1) is 0 Å². The summed E-state index contributed by atoms with van der Waals surface area (Å²) in [5.74, 6) is 0. The van der Waals surface area contributed by atoms with Crippen molar-refractivity contribution in [3.8, 4) is 5.69 Å². The Labute approximate surface area is 92.1 Å². The largest absolute Gasteiger partial charge is 0.385 e. The number of nitrogens with one attached hydrogen (secondary N) is 2. The molecule has 0 radical (unpaired) electrons. The SMILES string of the molecule is O=c1[nH]ncn1-c1cccc2c1CCCN2. The molecule has 5 nitrogen and oxygen atoms in total. The number of aromatic nitrogens is 3. The van der Waals surface area contributed by atoms with Crippen LogP contribution >= 0.6 is 0 Å². The molecule has 0 amide bonds. The molecule has 0 fully saturated rings. The van der Waals surface area contributed by atoms with E-state index < -0.39 is 0 Å². The molecule has 2 aromatic rings. The van der Waals surface area contributed by atoms with Crippen LogP contribution in [0.4, 0.5) is 5.69 Å². The van der Waals surface area contributed by atoms with Gasteiger partial charge in [0.15, 0.2) is 0 Å². The number of nitrogens with zero attached hydrogens (tertiary/aromatic N) is 2. The second-order valence-corrected chi connectivity index (χ2v) is 3.87. The predicted octanol–water partition coefficient (Wildman–Crippen LogP) is 0.919. The van der Waals surface area contributed by atoms with E-state index >= 15 is 0 Å². The van der Waals surface area contributed by atoms with Crippen molar-refractivity contribution in [3.63, 3.8) is 0 Å². The molecule has 2 N–H and O–H groups in total. The third kappa shape index (κ3) is 1.32. The van der Waals surface area contributed by atoms with Gasteiger partial charge in [-0.2, -0.15) is 5.10 Å². The minimum absolute atomic E-state index is 0.195. The maximum atomic E-state index is 11.5. The zero-order valence-electron chi connectivity index (χ0n) is 8.73. The van der Waals surface area contributed by atoms with Crippen LogP contribution in [0.2, 0.25) is 0 Å². The topological polar surface area (TPSA) is 62.7 Å². The van der Waals surface area contributed by atoms with Gasteiger partial charge in [-0.05, 0) is 30.5 Å². The van der Waals surface area contributed by atoms with E-state index in [2.05, 4.69) is 15.5 Å². The van der Waals surface area contributed by atoms with Crippen molar-refractivity contribution in [2.24, 2.45) is 0 Å². The molecule has 0 saturated heterocycles. The maximum Gasteiger partial charge on any atom is 0.347 e. The van der Waals surface area contributed by atoms with Crippen molar-refractivity contribution in [2.75, 3.05) is 11.9 Å². The van der Waals surface area contributed by atoms with Crippen LogP contribution in [0.1, 0.15) is 12.0 Å². The molecule has 0 atom stereocenters. The van der Waals surface area contributed by atoms with Gasteiger partial charge in [-0.3, -0.25) is 0 Å². The molecule has 1 aliphatic heterocycles. The minimum Gasteiger partial charge on any atom is -0.385 e. The van der Waals surface area contributed by atoms with Gasteiger partial charge >= 0.3 is 5.69 Å². The lowest BCUT2D eigenvalue weighted by Gasteiger charge is -2.20. The standard InChI is InChI=1S/C11H12N4O/c16-11-14-13-7-15(11)10-5-1-4-9-8(10)3-2-6-12-9/h1,4-5,7,12H,2-3,6H2,(H,14,16). The van der Waals surface area contributed by atoms with E-state index in [0.717, 1.165) is 30.8 Å². The number of fused-ring (bicyclic) bond motifs is 1. The normalized spacial score (nSPS) is 14.2. The molecule has 2 heterocycles. The molecule has 1 aromatic carbocycles. The summed E-state index contributed by atoms with van der Waals surface area (Å²) in [6.45, 7) is 0.997. The van der Waals surface area contributed by atoms with Crippen LogP contribution in [0, 0.1) is 0 Å². The fourth-order valence-corrected chi connectivity index (χ4v) is 2.14. The lowest BCUT2D eigenvalue weighted by Crippen LogP contribution is -2.19. The summed E-state index contributed by atoms with van der Waals surface area (Å²) in [6, 6.07) is 5.94. The zero-order chi connectivity index (χ0) is 11.0. The van der Waals surface area contributed by atoms with Gasteiger partial charge in [0, 0.05) is 12.2 Å². The Kier molecular flexibility index (Phi) is 2.02. The molecular weight excluding hydrogens is 204 g/mol. The van der Waals surface area contributed by atoms with Crippen molar-refractivity contribution in [3.05, 3.63) is 40.6 Å². The lowest BCUT2D eigenvalue weighted by atomic mass is 10.0. The van der Waals surface area contributed by atoms with Crippen molar-refractivity contribution in [1.82, 2.24) is 14.8 Å². The number of anilines is 1. The molecular formula is C11H12N4O. The fraction of sp³-hybridized carbons (Fsp3) is 0.273. The Balaban J connectivity index is 2.21. The second-order valence-electron chi connectivity index (χ2n) is 3.87. The maximum absolute atomic E-state index is 11.5. The van der Waals surface area contributed by atoms with E-state index in [4.69, 9.17) is 0 Å². The predicted molar refractivity (Wildman–Crippen MR) is 61.0 cm³/mol. The molecule has 0 bridgehead atoms. The number of rotatable bonds is 1. The Morgan fingerprint density at radius 3 is 3.12 bits per heavy atom. The van der Waals surface area contributed by atoms with Gasteiger partial charge in [0.25, 0.3) is 0 Å². The van der Waals surface area contributed by atoms with Gasteiger partial charge in [0.1, 0.15) is 6.33 Å². The van der Waals surface area contributed by atoms with E-state index in [9.17, 15) is 4.79 Å². The summed E-state index contributed by atoms with van der Waals surface area (Å²) in [7, 11) is 0. The first-order valence-corrected chi connectivity index (χ1v) is 5.34. The number of aromatic amines is 1. The number of hydrogen-bond acceptors (Lipinski definition) is 3. The zero-order valence-corrected chi connectivity index (χ0v) is 8.73. The third-order valence-electron chi connectivity index (χ3n) is 2.88. The van der Waals surface area contributed by atoms with Crippen LogP contribution < -0.4 is 11.0 Å². The van der Waals surface area contributed by atoms with Crippen LogP contribution in [-0.4, -0.2) is 21.3 Å². The number of hydrogen-bond donors (Lipinski definition) is 2. The molecule has 0 spiro atoms. The van der Waals surface area contributed by atoms with Crippen LogP contribution in [0.25, 0.3) is 5.69 Å². The highest BCUT2D eigenvalue weighted by atomic mass is 16.1. The summed E-state index contributed by atoms with van der Waals surface area (Å²) in [5, 5.41) is 9.50. The summed E-state index contributed by atoms with van der Waals surface area (Å²) < 4.78 is 1.55. The summed E-state index contributed by atoms with van der Waals surface area (Å²) in [5.41, 5.74) is 3.04. The van der Waals surface area contributed by atoms with Gasteiger partial charge in [0.2, 0.25) is 0 Å². The van der Waals surface area contributed by atoms with Gasteiger partial charge in [-0.25, -0.2) is 14.5 Å². The van der Waals surface area contributed by atoms with Crippen LogP contribution in [0.3, 0.4) is 0 Å². The monoisotopic (exact) mass is 216 g/mol. The van der Waals surface area contributed by atoms with Gasteiger partial charge in [0.05, 0.1) is 5.69 Å². The first-order chi connectivity index (χ1) is 7.86. The minimum atomic E-state index is -0.195. The molecule has 0 unspecified atom stereocenters. The van der Waals surface area contributed by atoms with E-state index in [-0.39, 0.29) is 5.69 Å². The van der Waals surface area contributed by atoms with Crippen molar-refractivity contribution < 1.29 is 0 Å².